The monoisotopic (exact) mass is 508 g/mol. The van der Waals surface area contributed by atoms with Gasteiger partial charge in [-0.25, -0.2) is 18.4 Å². The summed E-state index contributed by atoms with van der Waals surface area (Å²) in [4.78, 5) is 27.9. The second kappa shape index (κ2) is 9.30. The number of carbonyl (C=O) groups excluding carboxylic acids is 1. The van der Waals surface area contributed by atoms with Crippen LogP contribution in [0.25, 0.3) is 17.2 Å². The summed E-state index contributed by atoms with van der Waals surface area (Å²) in [5, 5.41) is 16.9. The fourth-order valence-electron chi connectivity index (χ4n) is 2.80. The third-order valence-corrected chi connectivity index (χ3v) is 5.18. The number of benzene rings is 1. The number of guanidine groups is 1. The molecule has 0 saturated heterocycles. The maximum atomic E-state index is 13.6. The van der Waals surface area contributed by atoms with E-state index in [1.165, 1.54) is 18.2 Å². The first-order chi connectivity index (χ1) is 15.4. The van der Waals surface area contributed by atoms with Crippen molar-refractivity contribution in [3.63, 3.8) is 0 Å². The molecule has 14 heteroatoms. The van der Waals surface area contributed by atoms with Gasteiger partial charge in [-0.2, -0.15) is 0 Å². The molecule has 0 aliphatic heterocycles. The molecule has 1 amide bonds. The Kier molecular flexibility index (Phi) is 6.30. The van der Waals surface area contributed by atoms with Crippen molar-refractivity contribution < 1.29 is 18.3 Å². The zero-order valence-corrected chi connectivity index (χ0v) is 18.1. The highest BCUT2D eigenvalue weighted by atomic mass is 79.9. The van der Waals surface area contributed by atoms with E-state index in [1.807, 2.05) is 0 Å². The van der Waals surface area contributed by atoms with Crippen LogP contribution in [-0.2, 0) is 4.79 Å². The Morgan fingerprint density at radius 3 is 2.91 bits per heavy atom. The van der Waals surface area contributed by atoms with E-state index < -0.39 is 11.6 Å². The topological polar surface area (TPSA) is 166 Å². The molecule has 0 radical (unpaired) electrons. The average Bonchev–Trinajstić information content (AvgIpc) is 3.41. The van der Waals surface area contributed by atoms with Crippen molar-refractivity contribution in [1.29, 1.82) is 0 Å². The fourth-order valence-corrected chi connectivity index (χ4v) is 3.17. The summed E-state index contributed by atoms with van der Waals surface area (Å²) in [6.45, 7) is 0.779. The number of hydrogen-bond acceptors (Lipinski definition) is 9. The van der Waals surface area contributed by atoms with E-state index in [0.29, 0.717) is 25.2 Å². The molecule has 1 fully saturated rings. The van der Waals surface area contributed by atoms with E-state index in [0.717, 1.165) is 17.4 Å². The molecule has 0 bridgehead atoms. The van der Waals surface area contributed by atoms with Gasteiger partial charge >= 0.3 is 5.76 Å². The summed E-state index contributed by atoms with van der Waals surface area (Å²) >= 11 is 3.08. The number of aliphatic imine (C=N–C) groups is 1. The van der Waals surface area contributed by atoms with Crippen LogP contribution in [0.1, 0.15) is 19.3 Å². The minimum Gasteiger partial charge on any atom is -0.370 e. The number of amides is 1. The lowest BCUT2D eigenvalue weighted by atomic mass is 10.3. The van der Waals surface area contributed by atoms with E-state index in [-0.39, 0.29) is 39.6 Å². The molecule has 4 N–H and O–H groups in total. The van der Waals surface area contributed by atoms with Gasteiger partial charge in [0.25, 0.3) is 0 Å². The number of nitrogens with zero attached hydrogens (tertiary/aromatic N) is 5. The molecule has 0 spiro atoms. The molecule has 168 valence electrons. The van der Waals surface area contributed by atoms with Crippen molar-refractivity contribution >= 4 is 33.6 Å². The van der Waals surface area contributed by atoms with Crippen LogP contribution < -0.4 is 22.1 Å². The molecule has 0 atom stereocenters. The molecule has 12 nitrogen and oxygen atoms in total. The SMILES string of the molecule is NC(=NCCCNc1nonc1-c1noc(=O)n1-c1ccc(F)c(Br)c1)NC(=O)C1CC1. The molecule has 0 unspecified atom stereocenters. The predicted octanol–water partition coefficient (Wildman–Crippen LogP) is 1.42. The number of aromatic nitrogens is 4. The first-order valence-electron chi connectivity index (χ1n) is 9.65. The number of nitrogens with one attached hydrogen (secondary N) is 2. The maximum absolute atomic E-state index is 13.6. The number of halogens is 2. The summed E-state index contributed by atoms with van der Waals surface area (Å²) in [6, 6.07) is 4.00. The average molecular weight is 509 g/mol. The van der Waals surface area contributed by atoms with Crippen molar-refractivity contribution in [2.24, 2.45) is 16.6 Å². The van der Waals surface area contributed by atoms with E-state index in [9.17, 15) is 14.0 Å². The number of carbonyl (C=O) groups is 1. The highest BCUT2D eigenvalue weighted by Crippen LogP contribution is 2.28. The van der Waals surface area contributed by atoms with E-state index >= 15 is 0 Å². The lowest BCUT2D eigenvalue weighted by Gasteiger charge is -2.06. The smallest absolute Gasteiger partial charge is 0.370 e. The van der Waals surface area contributed by atoms with Gasteiger partial charge in [-0.1, -0.05) is 5.16 Å². The van der Waals surface area contributed by atoms with Crippen LogP contribution in [0.2, 0.25) is 0 Å². The van der Waals surface area contributed by atoms with Gasteiger partial charge in [-0.05, 0) is 63.7 Å². The summed E-state index contributed by atoms with van der Waals surface area (Å²) in [5.41, 5.74) is 6.14. The molecule has 3 aromatic rings. The van der Waals surface area contributed by atoms with Gasteiger partial charge in [0.2, 0.25) is 17.5 Å². The van der Waals surface area contributed by atoms with Crippen LogP contribution in [0.5, 0.6) is 0 Å². The van der Waals surface area contributed by atoms with Gasteiger partial charge in [0, 0.05) is 19.0 Å². The Morgan fingerprint density at radius 1 is 1.34 bits per heavy atom. The van der Waals surface area contributed by atoms with Crippen LogP contribution in [0.4, 0.5) is 10.2 Å². The first kappa shape index (κ1) is 21.7. The van der Waals surface area contributed by atoms with Gasteiger partial charge in [0.15, 0.2) is 11.7 Å². The largest absolute Gasteiger partial charge is 0.446 e. The number of nitrogens with two attached hydrogens (primary N) is 1. The molecule has 1 aromatic carbocycles. The number of hydrogen-bond donors (Lipinski definition) is 3. The lowest BCUT2D eigenvalue weighted by Crippen LogP contribution is -2.37. The second-order valence-electron chi connectivity index (χ2n) is 6.98. The molecule has 4 rings (SSSR count). The minimum absolute atomic E-state index is 0.0299. The Hall–Kier alpha value is -3.55. The summed E-state index contributed by atoms with van der Waals surface area (Å²) in [7, 11) is 0. The molecule has 1 aliphatic carbocycles. The van der Waals surface area contributed by atoms with E-state index in [2.05, 4.69) is 47.0 Å². The summed E-state index contributed by atoms with van der Waals surface area (Å²) in [5.74, 6) is -0.980. The highest BCUT2D eigenvalue weighted by molar-refractivity contribution is 9.10. The van der Waals surface area contributed by atoms with Gasteiger partial charge < -0.3 is 11.1 Å². The van der Waals surface area contributed by atoms with Gasteiger partial charge in [0.05, 0.1) is 10.2 Å². The van der Waals surface area contributed by atoms with Crippen molar-refractivity contribution in [3.8, 4) is 17.2 Å². The lowest BCUT2D eigenvalue weighted by molar-refractivity contribution is -0.120. The normalized spacial score (nSPS) is 13.9. The van der Waals surface area contributed by atoms with Gasteiger partial charge in [-0.15, -0.1) is 0 Å². The van der Waals surface area contributed by atoms with Crippen molar-refractivity contribution in [2.75, 3.05) is 18.4 Å². The summed E-state index contributed by atoms with van der Waals surface area (Å²) in [6.07, 6.45) is 2.33. The Morgan fingerprint density at radius 2 is 2.16 bits per heavy atom. The van der Waals surface area contributed by atoms with Crippen LogP contribution in [0, 0.1) is 11.7 Å². The molecule has 1 aliphatic rings. The fraction of sp³-hybridized carbons (Fsp3) is 0.333. The Labute approximate surface area is 188 Å². The van der Waals surface area contributed by atoms with E-state index in [1.54, 1.807) is 0 Å². The van der Waals surface area contributed by atoms with Crippen molar-refractivity contribution in [1.82, 2.24) is 25.4 Å². The van der Waals surface area contributed by atoms with Gasteiger partial charge in [-0.3, -0.25) is 19.6 Å². The van der Waals surface area contributed by atoms with Crippen LogP contribution in [-0.4, -0.2) is 45.0 Å². The molecule has 2 heterocycles. The van der Waals surface area contributed by atoms with Crippen LogP contribution in [0.15, 0.2) is 41.6 Å². The van der Waals surface area contributed by atoms with E-state index in [4.69, 9.17) is 14.9 Å². The summed E-state index contributed by atoms with van der Waals surface area (Å²) < 4.78 is 24.4. The number of rotatable bonds is 8. The minimum atomic E-state index is -0.787. The molecule has 1 saturated carbocycles. The van der Waals surface area contributed by atoms with Crippen molar-refractivity contribution in [2.45, 2.75) is 19.3 Å². The number of anilines is 1. The standard InChI is InChI=1S/C18H18BrFN8O4/c19-11-8-10(4-5-12(11)20)28-15(27-31-18(28)30)13-14(26-32-25-13)22-6-1-7-23-17(21)24-16(29)9-2-3-9/h4-5,8-9H,1-3,6-7H2,(H,22,26)(H3,21,23,24,29). The maximum Gasteiger partial charge on any atom is 0.446 e. The zero-order valence-electron chi connectivity index (χ0n) is 16.5. The van der Waals surface area contributed by atoms with Crippen molar-refractivity contribution in [3.05, 3.63) is 39.0 Å². The highest BCUT2D eigenvalue weighted by Gasteiger charge is 2.29. The van der Waals surface area contributed by atoms with Gasteiger partial charge in [0.1, 0.15) is 5.82 Å². The molecule has 2 aromatic heterocycles. The zero-order chi connectivity index (χ0) is 22.7. The Balaban J connectivity index is 1.40. The third kappa shape index (κ3) is 4.85. The second-order valence-corrected chi connectivity index (χ2v) is 7.83. The van der Waals surface area contributed by atoms with Crippen LogP contribution in [0.3, 0.4) is 0 Å². The molecule has 32 heavy (non-hydrogen) atoms. The van der Waals surface area contributed by atoms with Crippen LogP contribution >= 0.6 is 15.9 Å². The Bertz CT molecular complexity index is 1220. The predicted molar refractivity (Wildman–Crippen MR) is 114 cm³/mol. The quantitative estimate of drug-likeness (QED) is 0.231. The molecular formula is C18H18BrFN8O4. The third-order valence-electron chi connectivity index (χ3n) is 4.58. The first-order valence-corrected chi connectivity index (χ1v) is 10.4. The molecular weight excluding hydrogens is 491 g/mol.